The van der Waals surface area contributed by atoms with Crippen molar-refractivity contribution in [2.24, 2.45) is 5.73 Å². The van der Waals surface area contributed by atoms with E-state index in [0.29, 0.717) is 17.2 Å². The first-order valence-electron chi connectivity index (χ1n) is 4.03. The summed E-state index contributed by atoms with van der Waals surface area (Å²) in [6.45, 7) is 0.611. The number of aromatic nitrogens is 1. The van der Waals surface area contributed by atoms with Gasteiger partial charge in [0.25, 0.3) is 0 Å². The molecule has 0 aliphatic rings. The van der Waals surface area contributed by atoms with Crippen LogP contribution in [0.5, 0.6) is 0 Å². The number of fused-ring (bicyclic) bond motifs is 1. The molecule has 1 aromatic carbocycles. The molecule has 0 fully saturated rings. The number of benzene rings is 1. The second-order valence-electron chi connectivity index (χ2n) is 2.82. The van der Waals surface area contributed by atoms with Crippen LogP contribution >= 0.6 is 11.6 Å². The molecule has 0 atom stereocenters. The summed E-state index contributed by atoms with van der Waals surface area (Å²) in [5.41, 5.74) is 7.96. The third-order valence-corrected chi connectivity index (χ3v) is 2.16. The van der Waals surface area contributed by atoms with Gasteiger partial charge < -0.3 is 10.2 Å². The van der Waals surface area contributed by atoms with Gasteiger partial charge >= 0.3 is 0 Å². The van der Waals surface area contributed by atoms with Crippen molar-refractivity contribution in [3.63, 3.8) is 0 Å². The Labute approximate surface area is 80.5 Å². The van der Waals surface area contributed by atoms with Gasteiger partial charge in [-0.25, -0.2) is 4.98 Å². The number of hydrogen-bond donors (Lipinski definition) is 1. The van der Waals surface area contributed by atoms with Crippen LogP contribution in [0.2, 0.25) is 5.02 Å². The summed E-state index contributed by atoms with van der Waals surface area (Å²) >= 11 is 5.96. The second kappa shape index (κ2) is 3.36. The average Bonchev–Trinajstić information content (AvgIpc) is 2.53. The fourth-order valence-electron chi connectivity index (χ4n) is 1.29. The number of oxazole rings is 1. The zero-order chi connectivity index (χ0) is 9.26. The summed E-state index contributed by atoms with van der Waals surface area (Å²) in [6.07, 6.45) is 2.20. The highest BCUT2D eigenvalue weighted by Gasteiger charge is 2.05. The van der Waals surface area contributed by atoms with Gasteiger partial charge in [-0.3, -0.25) is 0 Å². The average molecular weight is 197 g/mol. The molecule has 0 bridgehead atoms. The molecule has 0 saturated heterocycles. The first-order valence-corrected chi connectivity index (χ1v) is 4.41. The van der Waals surface area contributed by atoms with Gasteiger partial charge in [0.05, 0.1) is 5.02 Å². The Morgan fingerprint density at radius 2 is 2.31 bits per heavy atom. The van der Waals surface area contributed by atoms with E-state index in [9.17, 15) is 0 Å². The molecule has 1 aromatic heterocycles. The highest BCUT2D eigenvalue weighted by Crippen LogP contribution is 2.24. The largest absolute Gasteiger partial charge is 0.442 e. The first kappa shape index (κ1) is 8.53. The zero-order valence-corrected chi connectivity index (χ0v) is 7.71. The van der Waals surface area contributed by atoms with Gasteiger partial charge in [-0.2, -0.15) is 0 Å². The maximum Gasteiger partial charge on any atom is 0.182 e. The van der Waals surface area contributed by atoms with Crippen LogP contribution in [0.15, 0.2) is 22.9 Å². The Kier molecular flexibility index (Phi) is 2.20. The van der Waals surface area contributed by atoms with Crippen molar-refractivity contribution in [2.75, 3.05) is 6.54 Å². The summed E-state index contributed by atoms with van der Waals surface area (Å²) in [5.74, 6) is 0. The van der Waals surface area contributed by atoms with Crippen molar-refractivity contribution in [1.29, 1.82) is 0 Å². The second-order valence-corrected chi connectivity index (χ2v) is 3.22. The standard InChI is InChI=1S/C9H9ClN2O/c10-7-3-6(1-2-11)4-8-9(7)13-5-12-8/h3-5H,1-2,11H2. The highest BCUT2D eigenvalue weighted by molar-refractivity contribution is 6.34. The van der Waals surface area contributed by atoms with Crippen molar-refractivity contribution in [1.82, 2.24) is 4.98 Å². The summed E-state index contributed by atoms with van der Waals surface area (Å²) < 4.78 is 5.11. The number of rotatable bonds is 2. The first-order chi connectivity index (χ1) is 6.31. The van der Waals surface area contributed by atoms with Gasteiger partial charge in [-0.15, -0.1) is 0 Å². The molecule has 0 spiro atoms. The van der Waals surface area contributed by atoms with Crippen LogP contribution in [0, 0.1) is 0 Å². The minimum atomic E-state index is 0.596. The molecule has 3 nitrogen and oxygen atoms in total. The molecule has 2 rings (SSSR count). The normalized spacial score (nSPS) is 10.9. The third-order valence-electron chi connectivity index (χ3n) is 1.88. The van der Waals surface area contributed by atoms with Crippen LogP contribution in [-0.4, -0.2) is 11.5 Å². The Morgan fingerprint density at radius 3 is 3.08 bits per heavy atom. The lowest BCUT2D eigenvalue weighted by Gasteiger charge is -1.98. The van der Waals surface area contributed by atoms with E-state index in [4.69, 9.17) is 21.8 Å². The maximum atomic E-state index is 5.96. The van der Waals surface area contributed by atoms with Crippen LogP contribution in [0.4, 0.5) is 0 Å². The van der Waals surface area contributed by atoms with Crippen molar-refractivity contribution in [3.8, 4) is 0 Å². The van der Waals surface area contributed by atoms with Crippen LogP contribution < -0.4 is 5.73 Å². The molecule has 68 valence electrons. The number of nitrogens with two attached hydrogens (primary N) is 1. The molecule has 0 aliphatic heterocycles. The van der Waals surface area contributed by atoms with Crippen molar-refractivity contribution in [3.05, 3.63) is 29.1 Å². The van der Waals surface area contributed by atoms with Crippen molar-refractivity contribution >= 4 is 22.7 Å². The van der Waals surface area contributed by atoms with Crippen LogP contribution in [0.3, 0.4) is 0 Å². The van der Waals surface area contributed by atoms with Crippen LogP contribution in [0.25, 0.3) is 11.1 Å². The van der Waals surface area contributed by atoms with Gasteiger partial charge in [-0.05, 0) is 30.7 Å². The predicted molar refractivity (Wildman–Crippen MR) is 51.8 cm³/mol. The van der Waals surface area contributed by atoms with Gasteiger partial charge in [-0.1, -0.05) is 11.6 Å². The Hall–Kier alpha value is -1.06. The van der Waals surface area contributed by atoms with E-state index in [1.807, 2.05) is 12.1 Å². The van der Waals surface area contributed by atoms with E-state index in [1.54, 1.807) is 0 Å². The number of nitrogens with zero attached hydrogens (tertiary/aromatic N) is 1. The number of halogens is 1. The van der Waals surface area contributed by atoms with E-state index in [2.05, 4.69) is 4.98 Å². The summed E-state index contributed by atoms with van der Waals surface area (Å²) in [7, 11) is 0. The van der Waals surface area contributed by atoms with Crippen LogP contribution in [0.1, 0.15) is 5.56 Å². The maximum absolute atomic E-state index is 5.96. The monoisotopic (exact) mass is 196 g/mol. The summed E-state index contributed by atoms with van der Waals surface area (Å²) in [5, 5.41) is 0.596. The molecule has 0 radical (unpaired) electrons. The summed E-state index contributed by atoms with van der Waals surface area (Å²) in [6, 6.07) is 3.81. The van der Waals surface area contributed by atoms with Crippen molar-refractivity contribution < 1.29 is 4.42 Å². The lowest BCUT2D eigenvalue weighted by Crippen LogP contribution is -2.02. The molecular formula is C9H9ClN2O. The third kappa shape index (κ3) is 1.53. The number of hydrogen-bond acceptors (Lipinski definition) is 3. The molecule has 0 amide bonds. The molecule has 4 heteroatoms. The molecule has 2 aromatic rings. The van der Waals surface area contributed by atoms with E-state index in [1.165, 1.54) is 6.39 Å². The van der Waals surface area contributed by atoms with E-state index in [-0.39, 0.29) is 0 Å². The Morgan fingerprint density at radius 1 is 1.46 bits per heavy atom. The van der Waals surface area contributed by atoms with E-state index >= 15 is 0 Å². The molecule has 0 unspecified atom stereocenters. The summed E-state index contributed by atoms with van der Waals surface area (Å²) in [4.78, 5) is 4.03. The molecule has 0 aliphatic carbocycles. The van der Waals surface area contributed by atoms with E-state index < -0.39 is 0 Å². The lowest BCUT2D eigenvalue weighted by molar-refractivity contribution is 0.602. The minimum Gasteiger partial charge on any atom is -0.442 e. The van der Waals surface area contributed by atoms with Gasteiger partial charge in [0.2, 0.25) is 0 Å². The Bertz CT molecular complexity index is 424. The van der Waals surface area contributed by atoms with Crippen LogP contribution in [-0.2, 0) is 6.42 Å². The Balaban J connectivity index is 2.56. The van der Waals surface area contributed by atoms with Gasteiger partial charge in [0, 0.05) is 0 Å². The predicted octanol–water partition coefficient (Wildman–Crippen LogP) is 1.98. The molecule has 13 heavy (non-hydrogen) atoms. The van der Waals surface area contributed by atoms with Gasteiger partial charge in [0.15, 0.2) is 12.0 Å². The smallest absolute Gasteiger partial charge is 0.182 e. The van der Waals surface area contributed by atoms with Gasteiger partial charge in [0.1, 0.15) is 5.52 Å². The minimum absolute atomic E-state index is 0.596. The molecule has 0 saturated carbocycles. The molecule has 1 heterocycles. The SMILES string of the molecule is NCCc1cc(Cl)c2ocnc2c1. The topological polar surface area (TPSA) is 52.0 Å². The molecular weight excluding hydrogens is 188 g/mol. The fourth-order valence-corrected chi connectivity index (χ4v) is 1.57. The fraction of sp³-hybridized carbons (Fsp3) is 0.222. The van der Waals surface area contributed by atoms with E-state index in [0.717, 1.165) is 17.5 Å². The molecule has 2 N–H and O–H groups in total. The highest BCUT2D eigenvalue weighted by atomic mass is 35.5. The quantitative estimate of drug-likeness (QED) is 0.799. The lowest BCUT2D eigenvalue weighted by atomic mass is 10.1. The zero-order valence-electron chi connectivity index (χ0n) is 6.96. The van der Waals surface area contributed by atoms with Crippen molar-refractivity contribution in [2.45, 2.75) is 6.42 Å².